The first-order chi connectivity index (χ1) is 9.02. The van der Waals surface area contributed by atoms with Crippen LogP contribution in [0.2, 0.25) is 0 Å². The molecule has 2 N–H and O–H groups in total. The summed E-state index contributed by atoms with van der Waals surface area (Å²) in [5.74, 6) is 0. The highest BCUT2D eigenvalue weighted by molar-refractivity contribution is 5.74. The first kappa shape index (κ1) is 12.8. The van der Waals surface area contributed by atoms with E-state index in [4.69, 9.17) is 5.73 Å². The molecule has 1 fully saturated rings. The first-order valence-electron chi connectivity index (χ1n) is 7.30. The van der Waals surface area contributed by atoms with Crippen LogP contribution in [0.4, 0.5) is 11.4 Å². The molecule has 0 spiro atoms. The van der Waals surface area contributed by atoms with Gasteiger partial charge in [-0.1, -0.05) is 19.1 Å². The summed E-state index contributed by atoms with van der Waals surface area (Å²) >= 11 is 0. The first-order valence-corrected chi connectivity index (χ1v) is 7.30. The van der Waals surface area contributed by atoms with Crippen molar-refractivity contribution in [3.05, 3.63) is 24.3 Å². The fraction of sp³-hybridized carbons (Fsp3) is 0.625. The maximum absolute atomic E-state index is 6.20. The van der Waals surface area contributed by atoms with Crippen molar-refractivity contribution in [2.75, 3.05) is 36.5 Å². The number of para-hydroxylation sites is 2. The molecule has 0 bridgehead atoms. The molecule has 0 aromatic heterocycles. The molecule has 1 heterocycles. The number of hydrogen-bond donors (Lipinski definition) is 1. The van der Waals surface area contributed by atoms with Crippen molar-refractivity contribution in [2.45, 2.75) is 32.2 Å². The Labute approximate surface area is 116 Å². The molecule has 1 atom stereocenters. The Morgan fingerprint density at radius 2 is 1.84 bits per heavy atom. The number of anilines is 2. The van der Waals surface area contributed by atoms with Gasteiger partial charge in [-0.2, -0.15) is 0 Å². The highest BCUT2D eigenvalue weighted by Crippen LogP contribution is 2.57. The monoisotopic (exact) mass is 259 g/mol. The summed E-state index contributed by atoms with van der Waals surface area (Å²) in [5, 5.41) is 0. The topological polar surface area (TPSA) is 32.5 Å². The fourth-order valence-corrected chi connectivity index (χ4v) is 3.43. The number of nitrogens with two attached hydrogens (primary N) is 1. The van der Waals surface area contributed by atoms with E-state index in [1.54, 1.807) is 0 Å². The molecule has 0 saturated heterocycles. The van der Waals surface area contributed by atoms with Gasteiger partial charge >= 0.3 is 0 Å². The number of nitrogens with zero attached hydrogens (tertiary/aromatic N) is 2. The Morgan fingerprint density at radius 1 is 1.21 bits per heavy atom. The molecule has 0 radical (unpaired) electrons. The van der Waals surface area contributed by atoms with Gasteiger partial charge in [0.25, 0.3) is 0 Å². The third kappa shape index (κ3) is 1.75. The second-order valence-corrected chi connectivity index (χ2v) is 6.60. The van der Waals surface area contributed by atoms with E-state index in [0.29, 0.717) is 5.41 Å². The second-order valence-electron chi connectivity index (χ2n) is 6.60. The average molecular weight is 259 g/mol. The lowest BCUT2D eigenvalue weighted by Gasteiger charge is -2.51. The van der Waals surface area contributed by atoms with E-state index in [1.165, 1.54) is 24.2 Å². The van der Waals surface area contributed by atoms with Gasteiger partial charge < -0.3 is 15.5 Å². The van der Waals surface area contributed by atoms with E-state index >= 15 is 0 Å². The maximum Gasteiger partial charge on any atom is 0.0609 e. The van der Waals surface area contributed by atoms with Crippen LogP contribution in [-0.4, -0.2) is 32.2 Å². The standard InChI is InChI=1S/C16H25N3/c1-15(8-9-15)16(2,12-17)19-11-10-18(3)13-6-4-5-7-14(13)19/h4-7H,8-12,17H2,1-3H3. The summed E-state index contributed by atoms with van der Waals surface area (Å²) in [6.07, 6.45) is 2.60. The summed E-state index contributed by atoms with van der Waals surface area (Å²) in [7, 11) is 2.18. The van der Waals surface area contributed by atoms with Gasteiger partial charge in [-0.05, 0) is 37.3 Å². The van der Waals surface area contributed by atoms with Gasteiger partial charge in [0, 0.05) is 26.7 Å². The lowest BCUT2D eigenvalue weighted by Crippen LogP contribution is -2.60. The van der Waals surface area contributed by atoms with Gasteiger partial charge in [-0.15, -0.1) is 0 Å². The Balaban J connectivity index is 2.04. The molecule has 1 aliphatic heterocycles. The van der Waals surface area contributed by atoms with Crippen LogP contribution in [0.25, 0.3) is 0 Å². The number of fused-ring (bicyclic) bond motifs is 1. The van der Waals surface area contributed by atoms with Crippen molar-refractivity contribution >= 4 is 11.4 Å². The van der Waals surface area contributed by atoms with Crippen LogP contribution in [-0.2, 0) is 0 Å². The molecule has 1 unspecified atom stereocenters. The molecule has 0 amide bonds. The SMILES string of the molecule is CN1CCN(C(C)(CN)C2(C)CC2)c2ccccc21. The summed E-state index contributed by atoms with van der Waals surface area (Å²) in [6, 6.07) is 8.72. The van der Waals surface area contributed by atoms with E-state index < -0.39 is 0 Å². The average Bonchev–Trinajstić information content (AvgIpc) is 3.18. The van der Waals surface area contributed by atoms with Crippen LogP contribution in [0.5, 0.6) is 0 Å². The molecule has 3 rings (SSSR count). The third-order valence-electron chi connectivity index (χ3n) is 5.54. The Bertz CT molecular complexity index is 481. The van der Waals surface area contributed by atoms with E-state index in [1.807, 2.05) is 0 Å². The molecule has 104 valence electrons. The van der Waals surface area contributed by atoms with Gasteiger partial charge in [-0.3, -0.25) is 0 Å². The summed E-state index contributed by atoms with van der Waals surface area (Å²) < 4.78 is 0. The molecular weight excluding hydrogens is 234 g/mol. The van der Waals surface area contributed by atoms with Crippen LogP contribution in [0.3, 0.4) is 0 Å². The Morgan fingerprint density at radius 3 is 2.42 bits per heavy atom. The highest BCUT2D eigenvalue weighted by Gasteiger charge is 2.55. The van der Waals surface area contributed by atoms with Crippen LogP contribution >= 0.6 is 0 Å². The van der Waals surface area contributed by atoms with Gasteiger partial charge in [0.05, 0.1) is 16.9 Å². The zero-order valence-electron chi connectivity index (χ0n) is 12.3. The molecule has 1 aromatic rings. The van der Waals surface area contributed by atoms with Gasteiger partial charge in [0.1, 0.15) is 0 Å². The number of likely N-dealkylation sites (N-methyl/N-ethyl adjacent to an activating group) is 1. The van der Waals surface area contributed by atoms with Crippen LogP contribution in [0.1, 0.15) is 26.7 Å². The Kier molecular flexibility index (Phi) is 2.79. The number of hydrogen-bond acceptors (Lipinski definition) is 3. The highest BCUT2D eigenvalue weighted by atomic mass is 15.3. The maximum atomic E-state index is 6.20. The predicted octanol–water partition coefficient (Wildman–Crippen LogP) is 2.46. The van der Waals surface area contributed by atoms with Crippen molar-refractivity contribution < 1.29 is 0 Å². The van der Waals surface area contributed by atoms with E-state index in [-0.39, 0.29) is 5.54 Å². The number of rotatable bonds is 3. The number of benzene rings is 1. The van der Waals surface area contributed by atoms with Gasteiger partial charge in [-0.25, -0.2) is 0 Å². The van der Waals surface area contributed by atoms with Gasteiger partial charge in [0.15, 0.2) is 0 Å². The molecule has 3 heteroatoms. The minimum atomic E-state index is 0.0738. The minimum absolute atomic E-state index is 0.0738. The van der Waals surface area contributed by atoms with Crippen LogP contribution in [0.15, 0.2) is 24.3 Å². The second kappa shape index (κ2) is 4.14. The van der Waals surface area contributed by atoms with E-state index in [2.05, 4.69) is 55.0 Å². The van der Waals surface area contributed by atoms with E-state index in [9.17, 15) is 0 Å². The molecule has 2 aliphatic rings. The summed E-state index contributed by atoms with van der Waals surface area (Å²) in [4.78, 5) is 4.91. The normalized spacial score (nSPS) is 23.8. The van der Waals surface area contributed by atoms with Crippen molar-refractivity contribution in [3.8, 4) is 0 Å². The summed E-state index contributed by atoms with van der Waals surface area (Å²) in [6.45, 7) is 7.60. The van der Waals surface area contributed by atoms with Crippen LogP contribution < -0.4 is 15.5 Å². The van der Waals surface area contributed by atoms with Crippen molar-refractivity contribution in [3.63, 3.8) is 0 Å². The molecule has 3 nitrogen and oxygen atoms in total. The van der Waals surface area contributed by atoms with Gasteiger partial charge in [0.2, 0.25) is 0 Å². The largest absolute Gasteiger partial charge is 0.371 e. The minimum Gasteiger partial charge on any atom is -0.371 e. The quantitative estimate of drug-likeness (QED) is 0.905. The van der Waals surface area contributed by atoms with E-state index in [0.717, 1.165) is 19.6 Å². The zero-order valence-corrected chi connectivity index (χ0v) is 12.3. The third-order valence-corrected chi connectivity index (χ3v) is 5.54. The van der Waals surface area contributed by atoms with Crippen molar-refractivity contribution in [1.29, 1.82) is 0 Å². The van der Waals surface area contributed by atoms with Crippen molar-refractivity contribution in [1.82, 2.24) is 0 Å². The zero-order chi connectivity index (χ0) is 13.7. The molecule has 1 aliphatic carbocycles. The fourth-order valence-electron chi connectivity index (χ4n) is 3.43. The lowest BCUT2D eigenvalue weighted by molar-refractivity contribution is 0.276. The Hall–Kier alpha value is -1.22. The molecule has 1 aromatic carbocycles. The molecular formula is C16H25N3. The predicted molar refractivity (Wildman–Crippen MR) is 81.9 cm³/mol. The smallest absolute Gasteiger partial charge is 0.0609 e. The van der Waals surface area contributed by atoms with Crippen molar-refractivity contribution in [2.24, 2.45) is 11.1 Å². The molecule has 1 saturated carbocycles. The lowest BCUT2D eigenvalue weighted by atomic mass is 9.81. The summed E-state index contributed by atoms with van der Waals surface area (Å²) in [5.41, 5.74) is 9.33. The molecule has 19 heavy (non-hydrogen) atoms. The van der Waals surface area contributed by atoms with Crippen LogP contribution in [0, 0.1) is 5.41 Å².